The Balaban J connectivity index is 2.68. The van der Waals surface area contributed by atoms with Crippen LogP contribution in [-0.2, 0) is 4.79 Å². The van der Waals surface area contributed by atoms with Gasteiger partial charge < -0.3 is 4.79 Å². The summed E-state index contributed by atoms with van der Waals surface area (Å²) in [5.74, 6) is 0. The molecule has 2 heteroatoms. The Bertz CT molecular complexity index is 199. The third kappa shape index (κ3) is 3.31. The second-order valence-electron chi connectivity index (χ2n) is 5.10. The summed E-state index contributed by atoms with van der Waals surface area (Å²) in [4.78, 5) is 13.6. The molecule has 1 fully saturated rings. The van der Waals surface area contributed by atoms with E-state index in [4.69, 9.17) is 0 Å². The molecular formula is C14H27NO. The molecule has 0 radical (unpaired) electrons. The summed E-state index contributed by atoms with van der Waals surface area (Å²) >= 11 is 0. The number of carbonyl (C=O) groups is 1. The third-order valence-electron chi connectivity index (χ3n) is 4.14. The number of likely N-dealkylation sites (tertiary alicyclic amines) is 1. The van der Waals surface area contributed by atoms with E-state index in [9.17, 15) is 4.79 Å². The lowest BCUT2D eigenvalue weighted by Gasteiger charge is -2.45. The van der Waals surface area contributed by atoms with E-state index in [-0.39, 0.29) is 5.54 Å². The van der Waals surface area contributed by atoms with Gasteiger partial charge in [-0.1, -0.05) is 33.1 Å². The number of carbonyl (C=O) groups excluding carboxylic acids is 1. The van der Waals surface area contributed by atoms with Crippen molar-refractivity contribution in [3.8, 4) is 0 Å². The number of aldehydes is 1. The minimum absolute atomic E-state index is 0.179. The number of rotatable bonds is 7. The highest BCUT2D eigenvalue weighted by molar-refractivity contribution is 5.51. The Morgan fingerprint density at radius 1 is 1.19 bits per heavy atom. The van der Waals surface area contributed by atoms with Crippen molar-refractivity contribution in [3.63, 3.8) is 0 Å². The molecular weight excluding hydrogens is 198 g/mol. The average molecular weight is 225 g/mol. The van der Waals surface area contributed by atoms with Gasteiger partial charge in [-0.3, -0.25) is 4.90 Å². The number of unbranched alkanes of at least 4 members (excludes halogenated alkanes) is 1. The van der Waals surface area contributed by atoms with Gasteiger partial charge in [0.2, 0.25) is 0 Å². The maximum absolute atomic E-state index is 11.0. The molecule has 0 amide bonds. The van der Waals surface area contributed by atoms with Gasteiger partial charge in [0.15, 0.2) is 0 Å². The normalized spacial score (nSPS) is 21.6. The number of hydrogen-bond donors (Lipinski definition) is 0. The van der Waals surface area contributed by atoms with Crippen molar-refractivity contribution in [2.75, 3.05) is 13.1 Å². The molecule has 1 atom stereocenters. The first-order valence-corrected chi connectivity index (χ1v) is 6.97. The molecule has 94 valence electrons. The molecule has 1 aliphatic rings. The maximum atomic E-state index is 11.0. The lowest BCUT2D eigenvalue weighted by Crippen LogP contribution is -2.51. The van der Waals surface area contributed by atoms with Crippen LogP contribution >= 0.6 is 0 Å². The van der Waals surface area contributed by atoms with Crippen molar-refractivity contribution < 1.29 is 4.79 Å². The number of nitrogens with zero attached hydrogens (tertiary/aromatic N) is 1. The Kier molecular flexibility index (Phi) is 6.04. The van der Waals surface area contributed by atoms with Crippen molar-refractivity contribution >= 4 is 6.29 Å². The summed E-state index contributed by atoms with van der Waals surface area (Å²) in [5.41, 5.74) is 0.179. The van der Waals surface area contributed by atoms with Crippen molar-refractivity contribution in [1.82, 2.24) is 4.90 Å². The van der Waals surface area contributed by atoms with Gasteiger partial charge in [-0.2, -0.15) is 0 Å². The molecule has 0 saturated carbocycles. The van der Waals surface area contributed by atoms with Crippen LogP contribution in [0.3, 0.4) is 0 Å². The molecule has 0 spiro atoms. The molecule has 0 bridgehead atoms. The Morgan fingerprint density at radius 3 is 2.38 bits per heavy atom. The van der Waals surface area contributed by atoms with Crippen molar-refractivity contribution in [2.45, 2.75) is 70.8 Å². The van der Waals surface area contributed by atoms with Crippen molar-refractivity contribution in [1.29, 1.82) is 0 Å². The highest BCUT2D eigenvalue weighted by Crippen LogP contribution is 2.31. The van der Waals surface area contributed by atoms with Crippen molar-refractivity contribution in [2.24, 2.45) is 0 Å². The molecule has 1 aliphatic heterocycles. The fraction of sp³-hybridized carbons (Fsp3) is 0.929. The molecule has 0 unspecified atom stereocenters. The van der Waals surface area contributed by atoms with Gasteiger partial charge in [0, 0.05) is 12.0 Å². The molecule has 2 nitrogen and oxygen atoms in total. The van der Waals surface area contributed by atoms with Crippen molar-refractivity contribution in [3.05, 3.63) is 0 Å². The van der Waals surface area contributed by atoms with E-state index in [0.29, 0.717) is 0 Å². The molecule has 0 aromatic carbocycles. The van der Waals surface area contributed by atoms with Crippen LogP contribution in [0.25, 0.3) is 0 Å². The van der Waals surface area contributed by atoms with Gasteiger partial charge in [0.05, 0.1) is 0 Å². The van der Waals surface area contributed by atoms with Crippen LogP contribution in [0.1, 0.15) is 65.2 Å². The van der Waals surface area contributed by atoms with Gasteiger partial charge in [-0.15, -0.1) is 0 Å². The Hall–Kier alpha value is -0.370. The molecule has 1 rings (SSSR count). The van der Waals surface area contributed by atoms with Gasteiger partial charge in [-0.05, 0) is 38.8 Å². The molecule has 16 heavy (non-hydrogen) atoms. The van der Waals surface area contributed by atoms with E-state index in [0.717, 1.165) is 19.1 Å². The first-order chi connectivity index (χ1) is 7.79. The van der Waals surface area contributed by atoms with Gasteiger partial charge in [0.1, 0.15) is 6.29 Å². The Labute approximate surface area is 100 Å². The predicted octanol–water partition coefficient (Wildman–Crippen LogP) is 3.40. The van der Waals surface area contributed by atoms with Gasteiger partial charge in [-0.25, -0.2) is 0 Å². The second kappa shape index (κ2) is 7.05. The summed E-state index contributed by atoms with van der Waals surface area (Å²) in [6, 6.07) is 0. The van der Waals surface area contributed by atoms with Crippen LogP contribution < -0.4 is 0 Å². The van der Waals surface area contributed by atoms with Crippen LogP contribution in [0.2, 0.25) is 0 Å². The van der Waals surface area contributed by atoms with Crippen LogP contribution in [0.4, 0.5) is 0 Å². The lowest BCUT2D eigenvalue weighted by atomic mass is 9.83. The van der Waals surface area contributed by atoms with E-state index >= 15 is 0 Å². The fourth-order valence-electron chi connectivity index (χ4n) is 2.96. The zero-order chi connectivity index (χ0) is 11.9. The van der Waals surface area contributed by atoms with E-state index < -0.39 is 0 Å². The predicted molar refractivity (Wildman–Crippen MR) is 68.7 cm³/mol. The minimum atomic E-state index is 0.179. The second-order valence-corrected chi connectivity index (χ2v) is 5.10. The SMILES string of the molecule is CCCC[C@@](CC)(CC=O)N1CCCCC1. The smallest absolute Gasteiger partial charge is 0.121 e. The molecule has 0 aromatic heterocycles. The monoisotopic (exact) mass is 225 g/mol. The molecule has 1 saturated heterocycles. The van der Waals surface area contributed by atoms with E-state index in [1.807, 2.05) is 0 Å². The van der Waals surface area contributed by atoms with Crippen LogP contribution in [0.15, 0.2) is 0 Å². The highest BCUT2D eigenvalue weighted by Gasteiger charge is 2.34. The molecule has 0 N–H and O–H groups in total. The van der Waals surface area contributed by atoms with Gasteiger partial charge in [0.25, 0.3) is 0 Å². The Morgan fingerprint density at radius 2 is 1.88 bits per heavy atom. The summed E-state index contributed by atoms with van der Waals surface area (Å²) in [6.45, 7) is 6.88. The zero-order valence-corrected chi connectivity index (χ0v) is 11.0. The van der Waals surface area contributed by atoms with E-state index in [1.165, 1.54) is 51.6 Å². The number of piperidine rings is 1. The van der Waals surface area contributed by atoms with Crippen LogP contribution in [-0.4, -0.2) is 29.8 Å². The maximum Gasteiger partial charge on any atom is 0.121 e. The first kappa shape index (κ1) is 13.7. The molecule has 1 heterocycles. The zero-order valence-electron chi connectivity index (χ0n) is 11.0. The van der Waals surface area contributed by atoms with Crippen LogP contribution in [0, 0.1) is 0 Å². The minimum Gasteiger partial charge on any atom is -0.303 e. The summed E-state index contributed by atoms with van der Waals surface area (Å²) < 4.78 is 0. The summed E-state index contributed by atoms with van der Waals surface area (Å²) in [6.07, 6.45) is 10.6. The van der Waals surface area contributed by atoms with Crippen LogP contribution in [0.5, 0.6) is 0 Å². The summed E-state index contributed by atoms with van der Waals surface area (Å²) in [5, 5.41) is 0. The van der Waals surface area contributed by atoms with E-state index in [2.05, 4.69) is 18.7 Å². The molecule has 0 aliphatic carbocycles. The lowest BCUT2D eigenvalue weighted by molar-refractivity contribution is -0.111. The quantitative estimate of drug-likeness (QED) is 0.619. The highest BCUT2D eigenvalue weighted by atomic mass is 16.1. The largest absolute Gasteiger partial charge is 0.303 e. The number of hydrogen-bond acceptors (Lipinski definition) is 2. The topological polar surface area (TPSA) is 20.3 Å². The van der Waals surface area contributed by atoms with E-state index in [1.54, 1.807) is 0 Å². The standard InChI is InChI=1S/C14H27NO/c1-3-5-9-14(4-2,10-13-16)15-11-7-6-8-12-15/h13H,3-12H2,1-2H3/t14-/m0/s1. The average Bonchev–Trinajstić information content (AvgIpc) is 2.36. The third-order valence-corrected chi connectivity index (χ3v) is 4.14. The summed E-state index contributed by atoms with van der Waals surface area (Å²) in [7, 11) is 0. The molecule has 0 aromatic rings. The first-order valence-electron chi connectivity index (χ1n) is 6.97. The van der Waals surface area contributed by atoms with Gasteiger partial charge >= 0.3 is 0 Å². The fourth-order valence-corrected chi connectivity index (χ4v) is 2.96.